The molecule has 2 fully saturated rings. The highest BCUT2D eigenvalue weighted by Gasteiger charge is 2.23. The highest BCUT2D eigenvalue weighted by molar-refractivity contribution is 7.13. The standard InChI is InChI=1S/C16H26N4OS.2ClH/c1-12-14(22-16(19-12)13-4-2-3-5-13)15(21)18-8-11-20-9-6-17-7-10-20;;/h13,17H,2-11H2,1H3,(H,18,21);2*1H. The maximum atomic E-state index is 12.4. The molecule has 0 aromatic carbocycles. The topological polar surface area (TPSA) is 57.3 Å². The molecule has 0 bridgehead atoms. The zero-order valence-corrected chi connectivity index (χ0v) is 16.6. The summed E-state index contributed by atoms with van der Waals surface area (Å²) in [6, 6.07) is 0. The number of hydrogen-bond acceptors (Lipinski definition) is 5. The minimum atomic E-state index is 0. The molecular weight excluding hydrogens is 367 g/mol. The van der Waals surface area contributed by atoms with Crippen LogP contribution in [0, 0.1) is 6.92 Å². The van der Waals surface area contributed by atoms with E-state index in [0.29, 0.717) is 5.92 Å². The van der Waals surface area contributed by atoms with Crippen molar-refractivity contribution in [2.75, 3.05) is 39.3 Å². The zero-order valence-electron chi connectivity index (χ0n) is 14.2. The summed E-state index contributed by atoms with van der Waals surface area (Å²) < 4.78 is 0. The number of thiazole rings is 1. The van der Waals surface area contributed by atoms with E-state index in [2.05, 4.69) is 20.5 Å². The molecule has 0 unspecified atom stereocenters. The largest absolute Gasteiger partial charge is 0.350 e. The normalized spacial score (nSPS) is 18.7. The second kappa shape index (κ2) is 10.6. The molecule has 24 heavy (non-hydrogen) atoms. The summed E-state index contributed by atoms with van der Waals surface area (Å²) in [6.45, 7) is 7.84. The monoisotopic (exact) mass is 394 g/mol. The van der Waals surface area contributed by atoms with E-state index in [1.807, 2.05) is 6.92 Å². The van der Waals surface area contributed by atoms with Crippen molar-refractivity contribution in [3.8, 4) is 0 Å². The number of piperazine rings is 1. The van der Waals surface area contributed by atoms with Crippen molar-refractivity contribution in [3.05, 3.63) is 15.6 Å². The van der Waals surface area contributed by atoms with Gasteiger partial charge >= 0.3 is 0 Å². The van der Waals surface area contributed by atoms with Crippen LogP contribution in [0.25, 0.3) is 0 Å². The Bertz CT molecular complexity index is 514. The van der Waals surface area contributed by atoms with Gasteiger partial charge in [-0.2, -0.15) is 0 Å². The minimum absolute atomic E-state index is 0. The van der Waals surface area contributed by atoms with Gasteiger partial charge < -0.3 is 10.6 Å². The van der Waals surface area contributed by atoms with E-state index < -0.39 is 0 Å². The number of hydrogen-bond donors (Lipinski definition) is 2. The van der Waals surface area contributed by atoms with Crippen molar-refractivity contribution in [1.82, 2.24) is 20.5 Å². The summed E-state index contributed by atoms with van der Waals surface area (Å²) >= 11 is 1.60. The molecule has 1 saturated carbocycles. The van der Waals surface area contributed by atoms with Crippen LogP contribution in [-0.4, -0.2) is 55.1 Å². The van der Waals surface area contributed by atoms with Gasteiger partial charge in [-0.25, -0.2) is 4.98 Å². The number of nitrogens with one attached hydrogen (secondary N) is 2. The van der Waals surface area contributed by atoms with E-state index in [1.54, 1.807) is 11.3 Å². The van der Waals surface area contributed by atoms with Gasteiger partial charge in [0.15, 0.2) is 0 Å². The van der Waals surface area contributed by atoms with E-state index in [0.717, 1.165) is 49.8 Å². The predicted molar refractivity (Wildman–Crippen MR) is 104 cm³/mol. The van der Waals surface area contributed by atoms with E-state index >= 15 is 0 Å². The van der Waals surface area contributed by atoms with Crippen LogP contribution in [0.2, 0.25) is 0 Å². The fourth-order valence-corrected chi connectivity index (χ4v) is 4.47. The van der Waals surface area contributed by atoms with E-state index in [9.17, 15) is 4.79 Å². The minimum Gasteiger partial charge on any atom is -0.350 e. The summed E-state index contributed by atoms with van der Waals surface area (Å²) in [5.41, 5.74) is 0.895. The molecule has 1 saturated heterocycles. The SMILES string of the molecule is Cc1nc(C2CCCC2)sc1C(=O)NCCN1CCNCC1.Cl.Cl. The lowest BCUT2D eigenvalue weighted by Gasteiger charge is -2.27. The van der Waals surface area contributed by atoms with Gasteiger partial charge in [0.2, 0.25) is 0 Å². The second-order valence-electron chi connectivity index (χ2n) is 6.30. The summed E-state index contributed by atoms with van der Waals surface area (Å²) in [7, 11) is 0. The molecule has 3 rings (SSSR count). The fraction of sp³-hybridized carbons (Fsp3) is 0.750. The predicted octanol–water partition coefficient (Wildman–Crippen LogP) is 2.59. The van der Waals surface area contributed by atoms with Gasteiger partial charge in [-0.1, -0.05) is 12.8 Å². The molecule has 1 aliphatic heterocycles. The summed E-state index contributed by atoms with van der Waals surface area (Å²) in [4.78, 5) is 20.2. The molecular formula is C16H28Cl2N4OS. The van der Waals surface area contributed by atoms with Gasteiger partial charge in [0, 0.05) is 45.2 Å². The molecule has 2 aliphatic rings. The van der Waals surface area contributed by atoms with Crippen LogP contribution in [0.4, 0.5) is 0 Å². The van der Waals surface area contributed by atoms with Gasteiger partial charge in [0.05, 0.1) is 10.7 Å². The van der Waals surface area contributed by atoms with Gasteiger partial charge in [0.25, 0.3) is 5.91 Å². The molecule has 8 heteroatoms. The molecule has 138 valence electrons. The number of aryl methyl sites for hydroxylation is 1. The van der Waals surface area contributed by atoms with Gasteiger partial charge in [-0.05, 0) is 19.8 Å². The maximum absolute atomic E-state index is 12.4. The molecule has 0 radical (unpaired) electrons. The number of carbonyl (C=O) groups excluding carboxylic acids is 1. The number of nitrogens with zero attached hydrogens (tertiary/aromatic N) is 2. The maximum Gasteiger partial charge on any atom is 0.263 e. The van der Waals surface area contributed by atoms with Crippen LogP contribution in [-0.2, 0) is 0 Å². The first-order valence-electron chi connectivity index (χ1n) is 8.42. The average Bonchev–Trinajstić information content (AvgIpc) is 3.17. The quantitative estimate of drug-likeness (QED) is 0.805. The van der Waals surface area contributed by atoms with Gasteiger partial charge in [0.1, 0.15) is 4.88 Å². The number of rotatable bonds is 5. The highest BCUT2D eigenvalue weighted by atomic mass is 35.5. The van der Waals surface area contributed by atoms with Crippen LogP contribution in [0.3, 0.4) is 0 Å². The van der Waals surface area contributed by atoms with Crippen molar-refractivity contribution >= 4 is 42.1 Å². The Hall–Kier alpha value is -0.400. The molecule has 5 nitrogen and oxygen atoms in total. The molecule has 1 amide bonds. The Morgan fingerprint density at radius 2 is 1.96 bits per heavy atom. The fourth-order valence-electron chi connectivity index (χ4n) is 3.32. The molecule has 1 aliphatic carbocycles. The lowest BCUT2D eigenvalue weighted by Crippen LogP contribution is -2.46. The third-order valence-corrected chi connectivity index (χ3v) is 5.97. The number of halogens is 2. The Morgan fingerprint density at radius 1 is 1.29 bits per heavy atom. The van der Waals surface area contributed by atoms with E-state index in [-0.39, 0.29) is 30.7 Å². The molecule has 0 atom stereocenters. The first kappa shape index (κ1) is 21.6. The van der Waals surface area contributed by atoms with Crippen molar-refractivity contribution in [2.24, 2.45) is 0 Å². The van der Waals surface area contributed by atoms with Crippen molar-refractivity contribution in [3.63, 3.8) is 0 Å². The van der Waals surface area contributed by atoms with E-state index in [1.165, 1.54) is 30.7 Å². The molecule has 0 spiro atoms. The Balaban J connectivity index is 0.00000144. The first-order valence-corrected chi connectivity index (χ1v) is 9.24. The van der Waals surface area contributed by atoms with Crippen LogP contribution in [0.15, 0.2) is 0 Å². The molecule has 1 aromatic rings. The zero-order chi connectivity index (χ0) is 15.4. The van der Waals surface area contributed by atoms with E-state index in [4.69, 9.17) is 0 Å². The first-order chi connectivity index (χ1) is 10.7. The van der Waals surface area contributed by atoms with Gasteiger partial charge in [-0.3, -0.25) is 9.69 Å². The summed E-state index contributed by atoms with van der Waals surface area (Å²) in [5.74, 6) is 0.639. The van der Waals surface area contributed by atoms with Crippen molar-refractivity contribution in [1.29, 1.82) is 0 Å². The Kier molecular flexibility index (Phi) is 9.52. The van der Waals surface area contributed by atoms with Crippen molar-refractivity contribution in [2.45, 2.75) is 38.5 Å². The van der Waals surface area contributed by atoms with Crippen LogP contribution < -0.4 is 10.6 Å². The number of carbonyl (C=O) groups is 1. The lowest BCUT2D eigenvalue weighted by molar-refractivity contribution is 0.0950. The summed E-state index contributed by atoms with van der Waals surface area (Å²) in [6.07, 6.45) is 5.07. The van der Waals surface area contributed by atoms with Gasteiger partial charge in [-0.15, -0.1) is 36.2 Å². The third-order valence-electron chi connectivity index (χ3n) is 4.65. The third kappa shape index (κ3) is 5.56. The summed E-state index contributed by atoms with van der Waals surface area (Å²) in [5, 5.41) is 7.57. The number of aromatic nitrogens is 1. The Labute approximate surface area is 160 Å². The van der Waals surface area contributed by atoms with Crippen LogP contribution in [0.1, 0.15) is 52.0 Å². The average molecular weight is 395 g/mol. The smallest absolute Gasteiger partial charge is 0.263 e. The molecule has 2 heterocycles. The highest BCUT2D eigenvalue weighted by Crippen LogP contribution is 2.37. The lowest BCUT2D eigenvalue weighted by atomic mass is 10.1. The van der Waals surface area contributed by atoms with Crippen molar-refractivity contribution < 1.29 is 4.79 Å². The Morgan fingerprint density at radius 3 is 2.62 bits per heavy atom. The van der Waals surface area contributed by atoms with Crippen LogP contribution in [0.5, 0.6) is 0 Å². The second-order valence-corrected chi connectivity index (χ2v) is 7.33. The van der Waals surface area contributed by atoms with Crippen LogP contribution >= 0.6 is 36.2 Å². The number of amides is 1. The molecule has 2 N–H and O–H groups in total. The molecule has 1 aromatic heterocycles.